The van der Waals surface area contributed by atoms with E-state index in [1.165, 1.54) is 30.5 Å². The lowest BCUT2D eigenvalue weighted by atomic mass is 10.1. The fourth-order valence-corrected chi connectivity index (χ4v) is 4.40. The first kappa shape index (κ1) is 22.4. The second-order valence-electron chi connectivity index (χ2n) is 7.72. The smallest absolute Gasteiger partial charge is 0.264 e. The molecule has 0 saturated carbocycles. The molecule has 4 rings (SSSR count). The Morgan fingerprint density at radius 1 is 1.06 bits per heavy atom. The number of hydrogen-bond acceptors (Lipinski definition) is 6. The highest BCUT2D eigenvalue weighted by atomic mass is 32.2. The van der Waals surface area contributed by atoms with Gasteiger partial charge in [0.25, 0.3) is 15.9 Å². The number of carbonyl (C=O) groups excluding carboxylic acids is 2. The normalized spacial score (nSPS) is 13.7. The van der Waals surface area contributed by atoms with E-state index in [9.17, 15) is 18.0 Å². The number of aromatic nitrogens is 2. The van der Waals surface area contributed by atoms with Gasteiger partial charge in [-0.1, -0.05) is 12.1 Å². The predicted octanol–water partition coefficient (Wildman–Crippen LogP) is 2.96. The topological polar surface area (TPSA) is 121 Å². The number of likely N-dealkylation sites (tertiary alicyclic amines) is 1. The van der Waals surface area contributed by atoms with Crippen LogP contribution in [0.5, 0.6) is 0 Å². The second kappa shape index (κ2) is 9.37. The zero-order valence-corrected chi connectivity index (χ0v) is 18.8. The molecule has 3 aromatic rings. The average Bonchev–Trinajstić information content (AvgIpc) is 3.18. The molecule has 1 aromatic heterocycles. The van der Waals surface area contributed by atoms with Gasteiger partial charge in [-0.2, -0.15) is 0 Å². The predicted molar refractivity (Wildman–Crippen MR) is 123 cm³/mol. The zero-order valence-electron chi connectivity index (χ0n) is 18.0. The lowest BCUT2D eigenvalue weighted by molar-refractivity contribution is -0.128. The van der Waals surface area contributed by atoms with Gasteiger partial charge in [-0.15, -0.1) is 0 Å². The summed E-state index contributed by atoms with van der Waals surface area (Å²) in [6.07, 6.45) is 2.95. The second-order valence-corrected chi connectivity index (χ2v) is 9.40. The van der Waals surface area contributed by atoms with Crippen molar-refractivity contribution in [3.8, 4) is 0 Å². The molecule has 2 heterocycles. The number of sulfonamides is 1. The van der Waals surface area contributed by atoms with Crippen molar-refractivity contribution >= 4 is 33.5 Å². The molecule has 9 nitrogen and oxygen atoms in total. The molecule has 0 radical (unpaired) electrons. The molecule has 0 atom stereocenters. The molecular formula is C23H23N5O4S. The first-order valence-electron chi connectivity index (χ1n) is 10.4. The molecule has 170 valence electrons. The minimum atomic E-state index is -3.86. The number of rotatable bonds is 7. The van der Waals surface area contributed by atoms with Gasteiger partial charge in [0.05, 0.1) is 4.90 Å². The molecule has 1 aliphatic rings. The molecule has 1 aliphatic heterocycles. The maximum Gasteiger partial charge on any atom is 0.264 e. The minimum absolute atomic E-state index is 0.00933. The summed E-state index contributed by atoms with van der Waals surface area (Å²) in [6.45, 7) is 3.04. The van der Waals surface area contributed by atoms with E-state index in [1.54, 1.807) is 25.1 Å². The van der Waals surface area contributed by atoms with Crippen molar-refractivity contribution in [2.45, 2.75) is 31.2 Å². The van der Waals surface area contributed by atoms with Crippen LogP contribution in [0.4, 0.5) is 11.6 Å². The van der Waals surface area contributed by atoms with Crippen LogP contribution >= 0.6 is 0 Å². The molecule has 1 fully saturated rings. The first-order valence-corrected chi connectivity index (χ1v) is 11.9. The number of hydrogen-bond donors (Lipinski definition) is 2. The zero-order chi connectivity index (χ0) is 23.4. The Labute approximate surface area is 191 Å². The summed E-state index contributed by atoms with van der Waals surface area (Å²) < 4.78 is 27.4. The minimum Gasteiger partial charge on any atom is -0.338 e. The molecule has 33 heavy (non-hydrogen) atoms. The molecule has 10 heteroatoms. The van der Waals surface area contributed by atoms with Crippen LogP contribution in [0.15, 0.2) is 65.7 Å². The Morgan fingerprint density at radius 3 is 2.42 bits per heavy atom. The summed E-state index contributed by atoms with van der Waals surface area (Å²) in [7, 11) is -3.86. The number of benzene rings is 2. The van der Waals surface area contributed by atoms with Crippen molar-refractivity contribution in [3.63, 3.8) is 0 Å². The highest BCUT2D eigenvalue weighted by Crippen LogP contribution is 2.18. The van der Waals surface area contributed by atoms with E-state index in [0.29, 0.717) is 29.9 Å². The van der Waals surface area contributed by atoms with Gasteiger partial charge in [-0.3, -0.25) is 9.59 Å². The molecule has 0 unspecified atom stereocenters. The third-order valence-electron chi connectivity index (χ3n) is 5.20. The SMILES string of the molecule is Cc1ccnc(NS(=O)(=O)c2ccc(NC(=O)c3ccc(CN4CCCC4=O)cc3)cc2)n1. The molecule has 2 N–H and O–H groups in total. The van der Waals surface area contributed by atoms with E-state index in [1.807, 2.05) is 17.0 Å². The van der Waals surface area contributed by atoms with Crippen LogP contribution in [0.3, 0.4) is 0 Å². The van der Waals surface area contributed by atoms with Crippen molar-refractivity contribution < 1.29 is 18.0 Å². The van der Waals surface area contributed by atoms with E-state index >= 15 is 0 Å². The van der Waals surface area contributed by atoms with Crippen molar-refractivity contribution in [3.05, 3.63) is 77.6 Å². The van der Waals surface area contributed by atoms with Crippen LogP contribution in [0.2, 0.25) is 0 Å². The van der Waals surface area contributed by atoms with Gasteiger partial charge in [-0.25, -0.2) is 23.1 Å². The van der Waals surface area contributed by atoms with Crippen molar-refractivity contribution in [1.29, 1.82) is 0 Å². The Bertz CT molecular complexity index is 1270. The summed E-state index contributed by atoms with van der Waals surface area (Å²) in [5.41, 5.74) is 2.51. The number of aryl methyl sites for hydroxylation is 1. The van der Waals surface area contributed by atoms with Crippen molar-refractivity contribution in [2.75, 3.05) is 16.6 Å². The lowest BCUT2D eigenvalue weighted by Crippen LogP contribution is -2.23. The first-order chi connectivity index (χ1) is 15.8. The lowest BCUT2D eigenvalue weighted by Gasteiger charge is -2.15. The molecular weight excluding hydrogens is 442 g/mol. The summed E-state index contributed by atoms with van der Waals surface area (Å²) in [6, 6.07) is 14.5. The quantitative estimate of drug-likeness (QED) is 0.553. The van der Waals surface area contributed by atoms with Crippen LogP contribution in [0, 0.1) is 6.92 Å². The summed E-state index contributed by atoms with van der Waals surface area (Å²) in [5, 5.41) is 2.75. The number of nitrogens with zero attached hydrogens (tertiary/aromatic N) is 3. The highest BCUT2D eigenvalue weighted by Gasteiger charge is 2.20. The van der Waals surface area contributed by atoms with Crippen LogP contribution in [-0.2, 0) is 21.4 Å². The van der Waals surface area contributed by atoms with Gasteiger partial charge in [0, 0.05) is 42.7 Å². The Balaban J connectivity index is 1.38. The Hall–Kier alpha value is -3.79. The van der Waals surface area contributed by atoms with Crippen LogP contribution < -0.4 is 10.0 Å². The highest BCUT2D eigenvalue weighted by molar-refractivity contribution is 7.92. The molecule has 0 spiro atoms. The average molecular weight is 466 g/mol. The number of nitrogens with one attached hydrogen (secondary N) is 2. The van der Waals surface area contributed by atoms with Gasteiger partial charge < -0.3 is 10.2 Å². The molecule has 0 bridgehead atoms. The van der Waals surface area contributed by atoms with Crippen LogP contribution in [0.1, 0.15) is 34.5 Å². The van der Waals surface area contributed by atoms with E-state index < -0.39 is 10.0 Å². The monoisotopic (exact) mass is 465 g/mol. The summed E-state index contributed by atoms with van der Waals surface area (Å²) >= 11 is 0. The van der Waals surface area contributed by atoms with Crippen LogP contribution in [-0.4, -0.2) is 41.6 Å². The largest absolute Gasteiger partial charge is 0.338 e. The third kappa shape index (κ3) is 5.53. The van der Waals surface area contributed by atoms with Crippen molar-refractivity contribution in [1.82, 2.24) is 14.9 Å². The summed E-state index contributed by atoms with van der Waals surface area (Å²) in [4.78, 5) is 34.1. The van der Waals surface area contributed by atoms with E-state index in [2.05, 4.69) is 20.0 Å². The Morgan fingerprint density at radius 2 is 1.79 bits per heavy atom. The number of amides is 2. The van der Waals surface area contributed by atoms with E-state index in [0.717, 1.165) is 18.5 Å². The number of anilines is 2. The van der Waals surface area contributed by atoms with Crippen LogP contribution in [0.25, 0.3) is 0 Å². The molecule has 1 saturated heterocycles. The fraction of sp³-hybridized carbons (Fsp3) is 0.217. The van der Waals surface area contributed by atoms with Gasteiger partial charge in [-0.05, 0) is 61.4 Å². The Kier molecular flexibility index (Phi) is 6.36. The standard InChI is InChI=1S/C23H23N5O4S/c1-16-12-13-24-23(25-16)27-33(31,32)20-10-8-19(9-11-20)26-22(30)18-6-4-17(5-7-18)15-28-14-2-3-21(28)29/h4-13H,2-3,14-15H2,1H3,(H,26,30)(H,24,25,27). The molecule has 2 aromatic carbocycles. The van der Waals surface area contributed by atoms with Gasteiger partial charge >= 0.3 is 0 Å². The van der Waals surface area contributed by atoms with E-state index in [-0.39, 0.29) is 22.7 Å². The molecule has 0 aliphatic carbocycles. The van der Waals surface area contributed by atoms with Gasteiger partial charge in [0.2, 0.25) is 11.9 Å². The number of carbonyl (C=O) groups is 2. The summed E-state index contributed by atoms with van der Waals surface area (Å²) in [5.74, 6) is -0.172. The van der Waals surface area contributed by atoms with Gasteiger partial charge in [0.15, 0.2) is 0 Å². The fourth-order valence-electron chi connectivity index (χ4n) is 3.45. The third-order valence-corrected chi connectivity index (χ3v) is 6.55. The maximum atomic E-state index is 12.6. The molecule has 2 amide bonds. The van der Waals surface area contributed by atoms with Crippen molar-refractivity contribution in [2.24, 2.45) is 0 Å². The van der Waals surface area contributed by atoms with Gasteiger partial charge in [0.1, 0.15) is 0 Å². The van der Waals surface area contributed by atoms with E-state index in [4.69, 9.17) is 0 Å². The maximum absolute atomic E-state index is 12.6.